The van der Waals surface area contributed by atoms with Crippen LogP contribution in [0.2, 0.25) is 0 Å². The summed E-state index contributed by atoms with van der Waals surface area (Å²) < 4.78 is 7.35. The minimum atomic E-state index is 0.0466. The monoisotopic (exact) mass is 431 g/mol. The van der Waals surface area contributed by atoms with Gasteiger partial charge >= 0.3 is 0 Å². The first-order chi connectivity index (χ1) is 15.7. The molecule has 3 aliphatic rings. The number of carbonyl (C=O) groups excluding carboxylic acids is 1. The third-order valence-corrected chi connectivity index (χ3v) is 6.87. The van der Waals surface area contributed by atoms with Gasteiger partial charge in [0.25, 0.3) is 0 Å². The summed E-state index contributed by atoms with van der Waals surface area (Å²) in [6.45, 7) is 3.17. The van der Waals surface area contributed by atoms with Gasteiger partial charge in [-0.2, -0.15) is 0 Å². The van der Waals surface area contributed by atoms with E-state index in [4.69, 9.17) is 4.74 Å². The van der Waals surface area contributed by atoms with E-state index in [-0.39, 0.29) is 11.8 Å². The van der Waals surface area contributed by atoms with Gasteiger partial charge in [-0.3, -0.25) is 14.4 Å². The number of hydrogen-bond donors (Lipinski definition) is 1. The maximum Gasteiger partial charge on any atom is 0.224 e. The quantitative estimate of drug-likeness (QED) is 0.623. The number of methoxy groups -OCH3 is 1. The van der Waals surface area contributed by atoms with Crippen LogP contribution in [0.25, 0.3) is 11.3 Å². The molecule has 1 N–H and O–H groups in total. The van der Waals surface area contributed by atoms with Gasteiger partial charge in [0.2, 0.25) is 5.91 Å². The molecule has 4 heterocycles. The third kappa shape index (κ3) is 4.25. The average Bonchev–Trinajstić information content (AvgIpc) is 3.32. The molecule has 3 saturated heterocycles. The number of nitrogens with zero attached hydrogens (tertiary/aromatic N) is 4. The van der Waals surface area contributed by atoms with E-state index in [0.717, 1.165) is 55.0 Å². The standard InChI is InChI=1S/C25H29N5O2/c1-32-24-10-6-5-9-20(24)14-26-25(31)22-16-29-12-11-19(22)13-21(29)15-30-17-23(27-28-30)18-7-3-2-4-8-18/h2-10,17,19,21-22H,11-16H2,1H3,(H,26,31)/t19-,21-,22-/m1/s1. The summed E-state index contributed by atoms with van der Waals surface area (Å²) in [5.41, 5.74) is 2.98. The second-order valence-corrected chi connectivity index (χ2v) is 8.76. The number of hydrogen-bond acceptors (Lipinski definition) is 5. The van der Waals surface area contributed by atoms with Crippen molar-refractivity contribution in [1.29, 1.82) is 0 Å². The van der Waals surface area contributed by atoms with Gasteiger partial charge in [0, 0.05) is 30.3 Å². The summed E-state index contributed by atoms with van der Waals surface area (Å²) in [4.78, 5) is 15.4. The van der Waals surface area contributed by atoms with Crippen LogP contribution < -0.4 is 10.1 Å². The minimum Gasteiger partial charge on any atom is -0.496 e. The molecule has 3 aromatic rings. The molecule has 2 bridgehead atoms. The van der Waals surface area contributed by atoms with Crippen molar-refractivity contribution in [3.63, 3.8) is 0 Å². The molecular formula is C25H29N5O2. The second-order valence-electron chi connectivity index (χ2n) is 8.76. The lowest BCUT2D eigenvalue weighted by atomic mass is 9.75. The Hall–Kier alpha value is -3.19. The van der Waals surface area contributed by atoms with Crippen molar-refractivity contribution in [2.45, 2.75) is 32.0 Å². The van der Waals surface area contributed by atoms with E-state index in [1.807, 2.05) is 53.3 Å². The van der Waals surface area contributed by atoms with E-state index in [0.29, 0.717) is 18.5 Å². The number of fused-ring (bicyclic) bond motifs is 3. The fraction of sp³-hybridized carbons (Fsp3) is 0.400. The molecule has 2 aromatic carbocycles. The number of carbonyl (C=O) groups is 1. The smallest absolute Gasteiger partial charge is 0.224 e. The van der Waals surface area contributed by atoms with Gasteiger partial charge in [-0.1, -0.05) is 53.7 Å². The largest absolute Gasteiger partial charge is 0.496 e. The van der Waals surface area contributed by atoms with Crippen molar-refractivity contribution >= 4 is 5.91 Å². The number of rotatable bonds is 7. The highest BCUT2D eigenvalue weighted by Gasteiger charge is 2.43. The lowest BCUT2D eigenvalue weighted by Gasteiger charge is -2.49. The predicted octanol–water partition coefficient (Wildman–Crippen LogP) is 2.98. The van der Waals surface area contributed by atoms with E-state index < -0.39 is 0 Å². The SMILES string of the molecule is COc1ccccc1CNC(=O)[C@@H]1CN2CC[C@@H]1C[C@@H]2Cn1cc(-c2ccccc2)nn1. The minimum absolute atomic E-state index is 0.0466. The van der Waals surface area contributed by atoms with Crippen LogP contribution in [0, 0.1) is 11.8 Å². The van der Waals surface area contributed by atoms with E-state index in [1.54, 1.807) is 7.11 Å². The number of nitrogens with one attached hydrogen (secondary N) is 1. The first-order valence-corrected chi connectivity index (χ1v) is 11.3. The van der Waals surface area contributed by atoms with Crippen LogP contribution in [-0.2, 0) is 17.9 Å². The molecule has 0 aliphatic carbocycles. The third-order valence-electron chi connectivity index (χ3n) is 6.87. The van der Waals surface area contributed by atoms with Gasteiger partial charge < -0.3 is 10.1 Å². The van der Waals surface area contributed by atoms with E-state index >= 15 is 0 Å². The fourth-order valence-corrected chi connectivity index (χ4v) is 5.13. The lowest BCUT2D eigenvalue weighted by molar-refractivity contribution is -0.133. The van der Waals surface area contributed by atoms with Crippen LogP contribution in [0.5, 0.6) is 5.75 Å². The molecule has 1 unspecified atom stereocenters. The molecular weight excluding hydrogens is 402 g/mol. The van der Waals surface area contributed by atoms with Crippen LogP contribution in [0.15, 0.2) is 60.8 Å². The molecule has 32 heavy (non-hydrogen) atoms. The van der Waals surface area contributed by atoms with Crippen LogP contribution >= 0.6 is 0 Å². The van der Waals surface area contributed by atoms with Crippen molar-refractivity contribution < 1.29 is 9.53 Å². The van der Waals surface area contributed by atoms with Crippen LogP contribution in [0.1, 0.15) is 18.4 Å². The molecule has 3 aliphatic heterocycles. The first-order valence-electron chi connectivity index (χ1n) is 11.3. The maximum atomic E-state index is 13.0. The Morgan fingerprint density at radius 3 is 2.75 bits per heavy atom. The molecule has 166 valence electrons. The van der Waals surface area contributed by atoms with Crippen molar-refractivity contribution in [2.24, 2.45) is 11.8 Å². The number of aromatic nitrogens is 3. The second kappa shape index (κ2) is 9.12. The summed E-state index contributed by atoms with van der Waals surface area (Å²) in [5.74, 6) is 1.42. The molecule has 0 saturated carbocycles. The van der Waals surface area contributed by atoms with Gasteiger partial charge in [0.1, 0.15) is 11.4 Å². The molecule has 7 heteroatoms. The van der Waals surface area contributed by atoms with E-state index in [2.05, 4.69) is 32.7 Å². The Labute approximate surface area is 188 Å². The number of piperidine rings is 3. The average molecular weight is 432 g/mol. The zero-order chi connectivity index (χ0) is 21.9. The molecule has 4 atom stereocenters. The van der Waals surface area contributed by atoms with Gasteiger partial charge in [-0.15, -0.1) is 5.10 Å². The Morgan fingerprint density at radius 2 is 1.97 bits per heavy atom. The molecule has 1 amide bonds. The Kier molecular flexibility index (Phi) is 5.90. The highest BCUT2D eigenvalue weighted by molar-refractivity contribution is 5.79. The topological polar surface area (TPSA) is 72.3 Å². The zero-order valence-corrected chi connectivity index (χ0v) is 18.4. The Morgan fingerprint density at radius 1 is 1.16 bits per heavy atom. The van der Waals surface area contributed by atoms with Crippen LogP contribution in [-0.4, -0.2) is 52.0 Å². The molecule has 0 spiro atoms. The van der Waals surface area contributed by atoms with Crippen LogP contribution in [0.4, 0.5) is 0 Å². The van der Waals surface area contributed by atoms with E-state index in [9.17, 15) is 4.79 Å². The lowest BCUT2D eigenvalue weighted by Crippen LogP contribution is -2.58. The van der Waals surface area contributed by atoms with Gasteiger partial charge in [-0.05, 0) is 31.4 Å². The Balaban J connectivity index is 1.19. The Bertz CT molecular complexity index is 1070. The number of amides is 1. The summed E-state index contributed by atoms with van der Waals surface area (Å²) in [6, 6.07) is 18.4. The molecule has 7 nitrogen and oxygen atoms in total. The fourth-order valence-electron chi connectivity index (χ4n) is 5.13. The predicted molar refractivity (Wildman–Crippen MR) is 122 cm³/mol. The first kappa shape index (κ1) is 20.7. The maximum absolute atomic E-state index is 13.0. The molecule has 3 fully saturated rings. The highest BCUT2D eigenvalue weighted by atomic mass is 16.5. The number of ether oxygens (including phenoxy) is 1. The van der Waals surface area contributed by atoms with Crippen molar-refractivity contribution in [3.05, 3.63) is 66.4 Å². The summed E-state index contributed by atoms with van der Waals surface area (Å²) >= 11 is 0. The summed E-state index contributed by atoms with van der Waals surface area (Å²) in [5, 5.41) is 11.8. The highest BCUT2D eigenvalue weighted by Crippen LogP contribution is 2.37. The van der Waals surface area contributed by atoms with Crippen molar-refractivity contribution in [2.75, 3.05) is 20.2 Å². The van der Waals surface area contributed by atoms with E-state index in [1.165, 1.54) is 0 Å². The van der Waals surface area contributed by atoms with Gasteiger partial charge in [0.15, 0.2) is 0 Å². The molecule has 6 rings (SSSR count). The van der Waals surface area contributed by atoms with Gasteiger partial charge in [-0.25, -0.2) is 0 Å². The normalized spacial score (nSPS) is 24.3. The molecule has 0 radical (unpaired) electrons. The number of benzene rings is 2. The van der Waals surface area contributed by atoms with Crippen molar-refractivity contribution in [1.82, 2.24) is 25.2 Å². The van der Waals surface area contributed by atoms with Gasteiger partial charge in [0.05, 0.1) is 25.8 Å². The number of para-hydroxylation sites is 1. The summed E-state index contributed by atoms with van der Waals surface area (Å²) in [6.07, 6.45) is 4.12. The molecule has 1 aromatic heterocycles. The summed E-state index contributed by atoms with van der Waals surface area (Å²) in [7, 11) is 1.66. The van der Waals surface area contributed by atoms with Crippen LogP contribution in [0.3, 0.4) is 0 Å². The van der Waals surface area contributed by atoms with Crippen molar-refractivity contribution in [3.8, 4) is 17.0 Å². The zero-order valence-electron chi connectivity index (χ0n) is 18.4.